The molecule has 0 saturated heterocycles. The Labute approximate surface area is 174 Å². The van der Waals surface area contributed by atoms with Gasteiger partial charge in [0.15, 0.2) is 11.6 Å². The van der Waals surface area contributed by atoms with Crippen LogP contribution in [-0.2, 0) is 9.47 Å². The van der Waals surface area contributed by atoms with Crippen LogP contribution < -0.4 is 0 Å². The Kier molecular flexibility index (Phi) is 10.2. The topological polar surface area (TPSA) is 127 Å². The smallest absolute Gasteiger partial charge is 0.341 e. The van der Waals surface area contributed by atoms with Crippen molar-refractivity contribution in [3.05, 3.63) is 58.7 Å². The summed E-state index contributed by atoms with van der Waals surface area (Å²) >= 11 is 0. The van der Waals surface area contributed by atoms with E-state index in [1.165, 1.54) is 64.5 Å². The number of esters is 2. The molecular weight excluding hydrogens is 399 g/mol. The minimum atomic E-state index is -1.00. The number of benzene rings is 2. The maximum atomic E-state index is 11.1. The molecule has 0 heterocycles. The second kappa shape index (κ2) is 12.7. The van der Waals surface area contributed by atoms with E-state index < -0.39 is 19.1 Å². The van der Waals surface area contributed by atoms with Crippen molar-refractivity contribution >= 4 is 23.5 Å². The third kappa shape index (κ3) is 7.34. The molecule has 0 saturated carbocycles. The summed E-state index contributed by atoms with van der Waals surface area (Å²) in [6, 6.07) is 8.10. The SMILES string of the molecule is COC(=O)c1cc(C(C)=O)ccc1O.COC(=O)c1cc(C(C)=O)ccc1O.[2H]CF. The van der Waals surface area contributed by atoms with Crippen LogP contribution in [-0.4, -0.2) is 55.1 Å². The Morgan fingerprint density at radius 3 is 1.33 bits per heavy atom. The predicted molar refractivity (Wildman–Crippen MR) is 106 cm³/mol. The van der Waals surface area contributed by atoms with Gasteiger partial charge in [-0.1, -0.05) is 0 Å². The van der Waals surface area contributed by atoms with Crippen molar-refractivity contribution in [1.29, 1.82) is 0 Å². The van der Waals surface area contributed by atoms with Gasteiger partial charge < -0.3 is 19.7 Å². The van der Waals surface area contributed by atoms with Crippen LogP contribution in [0.4, 0.5) is 4.39 Å². The maximum Gasteiger partial charge on any atom is 0.341 e. The normalized spacial score (nSPS) is 9.57. The zero-order valence-corrected chi connectivity index (χ0v) is 16.9. The van der Waals surface area contributed by atoms with Crippen LogP contribution in [0, 0.1) is 0 Å². The molecule has 162 valence electrons. The van der Waals surface area contributed by atoms with Gasteiger partial charge in [0.25, 0.3) is 0 Å². The van der Waals surface area contributed by atoms with Crippen molar-refractivity contribution in [3.8, 4) is 11.5 Å². The first-order valence-corrected chi connectivity index (χ1v) is 8.23. The second-order valence-corrected chi connectivity index (χ2v) is 5.56. The molecule has 0 atom stereocenters. The van der Waals surface area contributed by atoms with Gasteiger partial charge in [-0.25, -0.2) is 9.59 Å². The van der Waals surface area contributed by atoms with Gasteiger partial charge in [0.2, 0.25) is 0 Å². The van der Waals surface area contributed by atoms with Crippen molar-refractivity contribution in [2.45, 2.75) is 13.8 Å². The third-order valence-corrected chi connectivity index (χ3v) is 3.62. The molecule has 2 aromatic carbocycles. The minimum Gasteiger partial charge on any atom is -0.507 e. The largest absolute Gasteiger partial charge is 0.507 e. The van der Waals surface area contributed by atoms with Crippen LogP contribution in [0.5, 0.6) is 11.5 Å². The van der Waals surface area contributed by atoms with Gasteiger partial charge in [-0.2, -0.15) is 0 Å². The zero-order chi connectivity index (χ0) is 24.1. The summed E-state index contributed by atoms with van der Waals surface area (Å²) in [5, 5.41) is 18.6. The van der Waals surface area contributed by atoms with Crippen LogP contribution in [0.1, 0.15) is 56.7 Å². The third-order valence-electron chi connectivity index (χ3n) is 3.62. The molecule has 0 bridgehead atoms. The standard InChI is InChI=1S/2C10H10O4.CH3F/c2*1-6(11)7-3-4-9(12)8(5-7)10(13)14-2;1-2/h2*3-5,12H,1-2H3;1H3/i;;1D. The van der Waals surface area contributed by atoms with Gasteiger partial charge in [-0.05, 0) is 50.2 Å². The fourth-order valence-electron chi connectivity index (χ4n) is 2.06. The van der Waals surface area contributed by atoms with Crippen LogP contribution >= 0.6 is 0 Å². The number of phenols is 2. The minimum absolute atomic E-state index is 0.000185. The summed E-state index contributed by atoms with van der Waals surface area (Å²) in [5.74, 6) is -2.05. The predicted octanol–water partition coefficient (Wildman–Crippen LogP) is 3.35. The number of rotatable bonds is 4. The van der Waals surface area contributed by atoms with Crippen LogP contribution in [0.15, 0.2) is 36.4 Å². The quantitative estimate of drug-likeness (QED) is 0.566. The fraction of sp³-hybridized carbons (Fsp3) is 0.238. The molecule has 0 aromatic heterocycles. The Morgan fingerprint density at radius 1 is 0.800 bits per heavy atom. The Balaban J connectivity index is 0.000000516. The summed E-state index contributed by atoms with van der Waals surface area (Å²) in [6.07, 6.45) is 0. The lowest BCUT2D eigenvalue weighted by atomic mass is 10.1. The lowest BCUT2D eigenvalue weighted by Crippen LogP contribution is -2.03. The monoisotopic (exact) mass is 423 g/mol. The highest BCUT2D eigenvalue weighted by Crippen LogP contribution is 2.20. The highest BCUT2D eigenvalue weighted by molar-refractivity contribution is 6.00. The molecule has 0 radical (unpaired) electrons. The van der Waals surface area contributed by atoms with Gasteiger partial charge in [0.1, 0.15) is 22.6 Å². The first-order chi connectivity index (χ1) is 14.5. The van der Waals surface area contributed by atoms with E-state index in [2.05, 4.69) is 9.47 Å². The number of alkyl halides is 1. The highest BCUT2D eigenvalue weighted by atomic mass is 19.1. The number of Topliss-reactive ketones (excluding diaryl/α,β-unsaturated/α-hetero) is 2. The molecule has 0 fully saturated rings. The molecule has 2 aromatic rings. The first kappa shape index (κ1) is 24.3. The first-order valence-electron chi connectivity index (χ1n) is 8.94. The summed E-state index contributed by atoms with van der Waals surface area (Å²) in [5.41, 5.74) is 0.729. The Hall–Kier alpha value is -3.75. The molecule has 2 rings (SSSR count). The number of carbonyl (C=O) groups excluding carboxylic acids is 4. The maximum absolute atomic E-state index is 11.1. The average Bonchev–Trinajstić information content (AvgIpc) is 2.74. The lowest BCUT2D eigenvalue weighted by molar-refractivity contribution is 0.0588. The molecular formula is C21H23FO8. The van der Waals surface area contributed by atoms with E-state index in [4.69, 9.17) is 1.37 Å². The van der Waals surface area contributed by atoms with E-state index in [0.29, 0.717) is 11.1 Å². The highest BCUT2D eigenvalue weighted by Gasteiger charge is 2.14. The van der Waals surface area contributed by atoms with Gasteiger partial charge in [0.05, 0.1) is 22.7 Å². The molecule has 0 unspecified atom stereocenters. The van der Waals surface area contributed by atoms with Crippen LogP contribution in [0.3, 0.4) is 0 Å². The zero-order valence-electron chi connectivity index (χ0n) is 17.9. The van der Waals surface area contributed by atoms with E-state index in [1.807, 2.05) is 0 Å². The Bertz CT molecular complexity index is 867. The van der Waals surface area contributed by atoms with E-state index in [9.17, 15) is 33.8 Å². The van der Waals surface area contributed by atoms with Crippen molar-refractivity contribution in [2.24, 2.45) is 0 Å². The number of hydrogen-bond acceptors (Lipinski definition) is 8. The molecule has 0 aliphatic carbocycles. The molecule has 0 aliphatic rings. The number of hydrogen-bond donors (Lipinski definition) is 2. The number of phenolic OH excluding ortho intramolecular Hbond substituents is 2. The average molecular weight is 423 g/mol. The van der Waals surface area contributed by atoms with Crippen molar-refractivity contribution < 1.29 is 44.6 Å². The van der Waals surface area contributed by atoms with Crippen molar-refractivity contribution in [2.75, 3.05) is 21.4 Å². The Morgan fingerprint density at radius 2 is 1.10 bits per heavy atom. The molecule has 2 N–H and O–H groups in total. The molecule has 30 heavy (non-hydrogen) atoms. The van der Waals surface area contributed by atoms with E-state index in [-0.39, 0.29) is 34.2 Å². The number of ether oxygens (including phenoxy) is 2. The summed E-state index contributed by atoms with van der Waals surface area (Å²) in [6.45, 7) is 2.76. The van der Waals surface area contributed by atoms with Gasteiger partial charge in [0, 0.05) is 11.1 Å². The molecule has 9 heteroatoms. The van der Waals surface area contributed by atoms with Gasteiger partial charge in [-0.15, -0.1) is 0 Å². The van der Waals surface area contributed by atoms with E-state index in [1.54, 1.807) is 0 Å². The number of ketones is 2. The fourth-order valence-corrected chi connectivity index (χ4v) is 2.06. The lowest BCUT2D eigenvalue weighted by Gasteiger charge is -2.03. The number of methoxy groups -OCH3 is 2. The summed E-state index contributed by atoms with van der Waals surface area (Å²) < 4.78 is 24.4. The van der Waals surface area contributed by atoms with Gasteiger partial charge >= 0.3 is 11.9 Å². The van der Waals surface area contributed by atoms with Gasteiger partial charge in [-0.3, -0.25) is 14.0 Å². The molecule has 0 spiro atoms. The van der Waals surface area contributed by atoms with E-state index in [0.717, 1.165) is 0 Å². The number of halogens is 1. The van der Waals surface area contributed by atoms with E-state index >= 15 is 0 Å². The van der Waals surface area contributed by atoms with Crippen molar-refractivity contribution in [1.82, 2.24) is 0 Å². The number of aromatic hydroxyl groups is 2. The second-order valence-electron chi connectivity index (χ2n) is 5.56. The molecule has 8 nitrogen and oxygen atoms in total. The molecule has 0 aliphatic heterocycles. The van der Waals surface area contributed by atoms with Crippen molar-refractivity contribution in [3.63, 3.8) is 0 Å². The number of carbonyl (C=O) groups is 4. The molecule has 0 amide bonds. The van der Waals surface area contributed by atoms with Crippen LogP contribution in [0.25, 0.3) is 0 Å². The summed E-state index contributed by atoms with van der Waals surface area (Å²) in [7, 11) is 1.42. The summed E-state index contributed by atoms with van der Waals surface area (Å²) in [4.78, 5) is 44.2. The van der Waals surface area contributed by atoms with Crippen LogP contribution in [0.2, 0.25) is 0 Å².